The summed E-state index contributed by atoms with van der Waals surface area (Å²) < 4.78 is 4.72. The van der Waals surface area contributed by atoms with Gasteiger partial charge < -0.3 is 4.42 Å². The molecule has 2 nitrogen and oxygen atoms in total. The lowest BCUT2D eigenvalue weighted by Crippen LogP contribution is -1.50. The molecule has 8 heavy (non-hydrogen) atoms. The molecule has 0 saturated carbocycles. The van der Waals surface area contributed by atoms with Crippen LogP contribution in [-0.2, 0) is 0 Å². The van der Waals surface area contributed by atoms with Crippen molar-refractivity contribution >= 4 is 0 Å². The molecule has 0 unspecified atom stereocenters. The molecule has 0 bridgehead atoms. The molecule has 0 N–H and O–H groups in total. The van der Waals surface area contributed by atoms with Crippen molar-refractivity contribution in [2.24, 2.45) is 0 Å². The van der Waals surface area contributed by atoms with Gasteiger partial charge in [0.2, 0.25) is 0 Å². The van der Waals surface area contributed by atoms with Gasteiger partial charge in [0.15, 0.2) is 6.39 Å². The fraction of sp³-hybridized carbons (Fsp3) is 0.500. The summed E-state index contributed by atoms with van der Waals surface area (Å²) in [5.74, 6) is 0.856. The molecule has 0 fully saturated rings. The lowest BCUT2D eigenvalue weighted by molar-refractivity contribution is 0.527. The number of nitrogens with zero attached hydrogens (tertiary/aromatic N) is 1. The van der Waals surface area contributed by atoms with Crippen LogP contribution in [0.4, 0.5) is 0 Å². The molecule has 0 saturated heterocycles. The van der Waals surface area contributed by atoms with Gasteiger partial charge in [0.1, 0.15) is 5.76 Å². The molecule has 0 aromatic carbocycles. The molecular weight excluding hydrogens is 102 g/mol. The number of rotatable bonds is 0. The molecule has 48 valence electrons. The molecular formula is C6H13NO. The Morgan fingerprint density at radius 2 is 2.12 bits per heavy atom. The third kappa shape index (κ3) is 2.39. The Kier molecular flexibility index (Phi) is 5.60. The van der Waals surface area contributed by atoms with Crippen molar-refractivity contribution in [2.45, 2.75) is 21.8 Å². The van der Waals surface area contributed by atoms with Crippen LogP contribution in [0, 0.1) is 6.92 Å². The Morgan fingerprint density at radius 1 is 1.50 bits per heavy atom. The summed E-state index contributed by atoms with van der Waals surface area (Å²) in [6.45, 7) is 1.85. The van der Waals surface area contributed by atoms with Gasteiger partial charge in [-0.2, -0.15) is 0 Å². The van der Waals surface area contributed by atoms with Gasteiger partial charge in [-0.3, -0.25) is 0 Å². The van der Waals surface area contributed by atoms with Crippen molar-refractivity contribution in [1.82, 2.24) is 4.98 Å². The Morgan fingerprint density at radius 3 is 2.25 bits per heavy atom. The first kappa shape index (κ1) is 10.2. The smallest absolute Gasteiger partial charge is 0.180 e. The topological polar surface area (TPSA) is 26.0 Å². The SMILES string of the molecule is C.C.Cc1cnco1. The van der Waals surface area contributed by atoms with Gasteiger partial charge in [-0.1, -0.05) is 14.9 Å². The predicted molar refractivity (Wildman–Crippen MR) is 34.7 cm³/mol. The highest BCUT2D eigenvalue weighted by atomic mass is 16.3. The average Bonchev–Trinajstić information content (AvgIpc) is 1.86. The Labute approximate surface area is 50.6 Å². The van der Waals surface area contributed by atoms with E-state index in [1.54, 1.807) is 6.20 Å². The summed E-state index contributed by atoms with van der Waals surface area (Å²) in [6.07, 6.45) is 3.08. The van der Waals surface area contributed by atoms with Gasteiger partial charge in [0, 0.05) is 0 Å². The maximum Gasteiger partial charge on any atom is 0.180 e. The van der Waals surface area contributed by atoms with Crippen LogP contribution in [0.1, 0.15) is 20.6 Å². The van der Waals surface area contributed by atoms with E-state index >= 15 is 0 Å². The van der Waals surface area contributed by atoms with Gasteiger partial charge in [-0.25, -0.2) is 4.98 Å². The molecule has 1 aromatic rings. The maximum atomic E-state index is 4.72. The highest BCUT2D eigenvalue weighted by Gasteiger charge is 1.77. The van der Waals surface area contributed by atoms with E-state index in [9.17, 15) is 0 Å². The van der Waals surface area contributed by atoms with E-state index < -0.39 is 0 Å². The molecule has 0 spiro atoms. The molecule has 0 atom stereocenters. The van der Waals surface area contributed by atoms with Gasteiger partial charge in [0.05, 0.1) is 6.20 Å². The van der Waals surface area contributed by atoms with Crippen molar-refractivity contribution in [3.05, 3.63) is 18.4 Å². The minimum atomic E-state index is 0. The molecule has 0 aliphatic heterocycles. The van der Waals surface area contributed by atoms with Crippen LogP contribution in [-0.4, -0.2) is 4.98 Å². The van der Waals surface area contributed by atoms with E-state index in [-0.39, 0.29) is 14.9 Å². The quantitative estimate of drug-likeness (QED) is 0.518. The lowest BCUT2D eigenvalue weighted by Gasteiger charge is -1.66. The van der Waals surface area contributed by atoms with Crippen molar-refractivity contribution < 1.29 is 4.42 Å². The first-order chi connectivity index (χ1) is 2.89. The molecule has 2 heteroatoms. The first-order valence-corrected chi connectivity index (χ1v) is 1.74. The van der Waals surface area contributed by atoms with E-state index in [1.807, 2.05) is 6.92 Å². The van der Waals surface area contributed by atoms with E-state index in [0.29, 0.717) is 0 Å². The average molecular weight is 115 g/mol. The van der Waals surface area contributed by atoms with Crippen molar-refractivity contribution in [3.8, 4) is 0 Å². The zero-order chi connectivity index (χ0) is 4.41. The van der Waals surface area contributed by atoms with Gasteiger partial charge in [-0.15, -0.1) is 0 Å². The third-order valence-corrected chi connectivity index (χ3v) is 0.556. The summed E-state index contributed by atoms with van der Waals surface area (Å²) >= 11 is 0. The van der Waals surface area contributed by atoms with Crippen molar-refractivity contribution in [3.63, 3.8) is 0 Å². The van der Waals surface area contributed by atoms with E-state index in [4.69, 9.17) is 4.42 Å². The predicted octanol–water partition coefficient (Wildman–Crippen LogP) is 2.26. The van der Waals surface area contributed by atoms with E-state index in [2.05, 4.69) is 4.98 Å². The normalized spacial score (nSPS) is 6.62. The van der Waals surface area contributed by atoms with Gasteiger partial charge >= 0.3 is 0 Å². The summed E-state index contributed by atoms with van der Waals surface area (Å²) in [7, 11) is 0. The second-order valence-corrected chi connectivity index (χ2v) is 1.11. The number of hydrogen-bond acceptors (Lipinski definition) is 2. The largest absolute Gasteiger partial charge is 0.449 e. The van der Waals surface area contributed by atoms with Gasteiger partial charge in [0.25, 0.3) is 0 Å². The fourth-order valence-corrected chi connectivity index (χ4v) is 0.279. The summed E-state index contributed by atoms with van der Waals surface area (Å²) in [6, 6.07) is 0. The van der Waals surface area contributed by atoms with Gasteiger partial charge in [-0.05, 0) is 6.92 Å². The molecule has 1 rings (SSSR count). The van der Waals surface area contributed by atoms with Crippen LogP contribution >= 0.6 is 0 Å². The van der Waals surface area contributed by atoms with E-state index in [0.717, 1.165) is 5.76 Å². The fourth-order valence-electron chi connectivity index (χ4n) is 0.279. The zero-order valence-electron chi connectivity index (χ0n) is 3.51. The monoisotopic (exact) mass is 115 g/mol. The van der Waals surface area contributed by atoms with E-state index in [1.165, 1.54) is 6.39 Å². The van der Waals surface area contributed by atoms with Crippen LogP contribution in [0.5, 0.6) is 0 Å². The van der Waals surface area contributed by atoms with Crippen molar-refractivity contribution in [1.29, 1.82) is 0 Å². The van der Waals surface area contributed by atoms with Crippen molar-refractivity contribution in [2.75, 3.05) is 0 Å². The number of hydrogen-bond donors (Lipinski definition) is 0. The highest BCUT2D eigenvalue weighted by Crippen LogP contribution is 1.88. The van der Waals surface area contributed by atoms with Crippen LogP contribution < -0.4 is 0 Å². The minimum absolute atomic E-state index is 0. The minimum Gasteiger partial charge on any atom is -0.449 e. The Bertz CT molecular complexity index is 112. The molecule has 1 aromatic heterocycles. The Balaban J connectivity index is 0. The molecule has 0 amide bonds. The zero-order valence-corrected chi connectivity index (χ0v) is 3.51. The molecule has 0 aliphatic rings. The first-order valence-electron chi connectivity index (χ1n) is 1.74. The Hall–Kier alpha value is -0.790. The number of aryl methyl sites for hydroxylation is 1. The molecule has 0 radical (unpaired) electrons. The highest BCUT2D eigenvalue weighted by molar-refractivity contribution is 4.80. The summed E-state index contributed by atoms with van der Waals surface area (Å²) in [5.41, 5.74) is 0. The summed E-state index contributed by atoms with van der Waals surface area (Å²) in [4.78, 5) is 3.66. The summed E-state index contributed by atoms with van der Waals surface area (Å²) in [5, 5.41) is 0. The standard InChI is InChI=1S/C4H5NO.2CH4/c1-4-2-5-3-6-4;;/h2-3H,1H3;2*1H4. The second kappa shape index (κ2) is 4.37. The second-order valence-electron chi connectivity index (χ2n) is 1.11. The molecule has 1 heterocycles. The number of aromatic nitrogens is 1. The van der Waals surface area contributed by atoms with Crippen LogP contribution in [0.15, 0.2) is 17.0 Å². The van der Waals surface area contributed by atoms with Crippen LogP contribution in [0.25, 0.3) is 0 Å². The maximum absolute atomic E-state index is 4.72. The lowest BCUT2D eigenvalue weighted by atomic mass is 10.6. The van der Waals surface area contributed by atoms with Crippen LogP contribution in [0.2, 0.25) is 0 Å². The number of oxazole rings is 1. The third-order valence-electron chi connectivity index (χ3n) is 0.556. The van der Waals surface area contributed by atoms with Crippen LogP contribution in [0.3, 0.4) is 0 Å². The molecule has 0 aliphatic carbocycles.